The normalized spacial score (nSPS) is 24.0. The minimum absolute atomic E-state index is 0.914. The topological polar surface area (TPSA) is 0 Å². The maximum atomic E-state index is 3.43. The smallest absolute Gasteiger partial charge is 0.0483 e. The van der Waals surface area contributed by atoms with Crippen molar-refractivity contribution in [1.29, 1.82) is 0 Å². The van der Waals surface area contributed by atoms with E-state index in [1.54, 1.807) is 22.5 Å². The van der Waals surface area contributed by atoms with Crippen LogP contribution < -0.4 is 0 Å². The third-order valence-corrected chi connectivity index (χ3v) is 3.38. The first-order chi connectivity index (χ1) is 5.45. The minimum Gasteiger partial charge on any atom is -0.142 e. The highest BCUT2D eigenvalue weighted by molar-refractivity contribution is 7.07. The van der Waals surface area contributed by atoms with Gasteiger partial charge < -0.3 is 0 Å². The van der Waals surface area contributed by atoms with E-state index in [0.29, 0.717) is 0 Å². The van der Waals surface area contributed by atoms with Crippen LogP contribution in [0.4, 0.5) is 0 Å². The molecule has 0 atom stereocenters. The van der Waals surface area contributed by atoms with E-state index in [4.69, 9.17) is 0 Å². The first kappa shape index (κ1) is 6.24. The van der Waals surface area contributed by atoms with E-state index in [-0.39, 0.29) is 0 Å². The molecule has 0 spiro atoms. The summed E-state index contributed by atoms with van der Waals surface area (Å²) < 4.78 is 0. The van der Waals surface area contributed by atoms with E-state index in [2.05, 4.69) is 10.8 Å². The molecule has 3 rings (SSSR count). The van der Waals surface area contributed by atoms with Crippen molar-refractivity contribution in [2.75, 3.05) is 0 Å². The highest BCUT2D eigenvalue weighted by Crippen LogP contribution is 2.50. The predicted molar refractivity (Wildman–Crippen MR) is 47.1 cm³/mol. The molecule has 11 heavy (non-hydrogen) atoms. The molecule has 0 aliphatic heterocycles. The Balaban J connectivity index is 1.98. The molecular weight excluding hydrogens is 152 g/mol. The zero-order chi connectivity index (χ0) is 7.26. The molecule has 1 aromatic heterocycles. The molecule has 2 aliphatic carbocycles. The molecule has 2 saturated carbocycles. The summed E-state index contributed by atoms with van der Waals surface area (Å²) in [5, 5.41) is 5.76. The van der Waals surface area contributed by atoms with Crippen LogP contribution in [0.25, 0.3) is 0 Å². The lowest BCUT2D eigenvalue weighted by atomic mass is 10.1. The van der Waals surface area contributed by atoms with Gasteiger partial charge in [0.25, 0.3) is 0 Å². The van der Waals surface area contributed by atoms with Crippen LogP contribution in [0.1, 0.15) is 48.6 Å². The lowest BCUT2D eigenvalue weighted by molar-refractivity contribution is 1.04. The summed E-state index contributed by atoms with van der Waals surface area (Å²) in [4.78, 5) is 0. The van der Waals surface area contributed by atoms with E-state index in [1.165, 1.54) is 25.7 Å². The van der Waals surface area contributed by atoms with Gasteiger partial charge >= 0.3 is 0 Å². The van der Waals surface area contributed by atoms with Crippen LogP contribution in [0.3, 0.4) is 0 Å². The van der Waals surface area contributed by atoms with E-state index in [9.17, 15) is 0 Å². The molecule has 1 radical (unpaired) electrons. The molecule has 1 aromatic rings. The molecule has 0 amide bonds. The molecule has 0 saturated heterocycles. The van der Waals surface area contributed by atoms with E-state index < -0.39 is 0 Å². The molecule has 2 aliphatic rings. The Bertz CT molecular complexity index is 240. The first-order valence-corrected chi connectivity index (χ1v) is 5.32. The van der Waals surface area contributed by atoms with Gasteiger partial charge in [0.05, 0.1) is 0 Å². The first-order valence-electron chi connectivity index (χ1n) is 4.44. The third kappa shape index (κ3) is 1.02. The van der Waals surface area contributed by atoms with Gasteiger partial charge in [0.15, 0.2) is 0 Å². The van der Waals surface area contributed by atoms with Crippen LogP contribution in [0, 0.1) is 5.38 Å². The third-order valence-electron chi connectivity index (χ3n) is 2.67. The molecular formula is C10H11S. The van der Waals surface area contributed by atoms with E-state index in [1.807, 2.05) is 0 Å². The molecule has 0 bridgehead atoms. The average Bonchev–Trinajstić information content (AvgIpc) is 2.91. The monoisotopic (exact) mass is 163 g/mol. The lowest BCUT2D eigenvalue weighted by Crippen LogP contribution is -1.82. The SMILES string of the molecule is [c]1scc(C2CC2)c1C1CC1. The fourth-order valence-corrected chi connectivity index (χ4v) is 2.60. The van der Waals surface area contributed by atoms with Gasteiger partial charge in [0, 0.05) is 5.38 Å². The lowest BCUT2D eigenvalue weighted by Gasteiger charge is -1.97. The summed E-state index contributed by atoms with van der Waals surface area (Å²) in [7, 11) is 0. The molecule has 57 valence electrons. The van der Waals surface area contributed by atoms with Crippen molar-refractivity contribution in [2.24, 2.45) is 0 Å². The number of hydrogen-bond acceptors (Lipinski definition) is 1. The second-order valence-electron chi connectivity index (χ2n) is 3.76. The van der Waals surface area contributed by atoms with Gasteiger partial charge in [-0.25, -0.2) is 0 Å². The number of rotatable bonds is 2. The fraction of sp³-hybridized carbons (Fsp3) is 0.600. The Morgan fingerprint density at radius 2 is 1.91 bits per heavy atom. The van der Waals surface area contributed by atoms with Crippen LogP contribution in [-0.4, -0.2) is 0 Å². The summed E-state index contributed by atoms with van der Waals surface area (Å²) in [5.41, 5.74) is 3.23. The minimum atomic E-state index is 0.914. The van der Waals surface area contributed by atoms with Gasteiger partial charge in [-0.15, -0.1) is 11.3 Å². The van der Waals surface area contributed by atoms with Crippen molar-refractivity contribution in [3.8, 4) is 0 Å². The van der Waals surface area contributed by atoms with Crippen LogP contribution >= 0.6 is 11.3 Å². The Kier molecular flexibility index (Phi) is 1.19. The highest BCUT2D eigenvalue weighted by Gasteiger charge is 2.33. The van der Waals surface area contributed by atoms with Gasteiger partial charge in [0.1, 0.15) is 0 Å². The van der Waals surface area contributed by atoms with Crippen molar-refractivity contribution < 1.29 is 0 Å². The van der Waals surface area contributed by atoms with Crippen LogP contribution in [-0.2, 0) is 0 Å². The van der Waals surface area contributed by atoms with Crippen LogP contribution in [0.15, 0.2) is 5.38 Å². The Morgan fingerprint density at radius 1 is 1.18 bits per heavy atom. The standard InChI is InChI=1S/C10H11S/c1-2-7(1)9-5-11-6-10(9)8-3-4-8/h5,7-8H,1-4H2. The molecule has 0 nitrogen and oxygen atoms in total. The summed E-state index contributed by atoms with van der Waals surface area (Å²) >= 11 is 1.78. The van der Waals surface area contributed by atoms with Gasteiger partial charge in [-0.05, 0) is 54.0 Å². The summed E-state index contributed by atoms with van der Waals surface area (Å²) in [6, 6.07) is 0. The van der Waals surface area contributed by atoms with Crippen LogP contribution in [0.2, 0.25) is 0 Å². The zero-order valence-electron chi connectivity index (χ0n) is 6.47. The van der Waals surface area contributed by atoms with Gasteiger partial charge in [-0.3, -0.25) is 0 Å². The second-order valence-corrected chi connectivity index (χ2v) is 4.43. The Labute approximate surface area is 71.2 Å². The molecule has 1 heterocycles. The predicted octanol–water partition coefficient (Wildman–Crippen LogP) is 3.30. The number of hydrogen-bond donors (Lipinski definition) is 0. The molecule has 1 heteroatoms. The average molecular weight is 163 g/mol. The van der Waals surface area contributed by atoms with Crippen molar-refractivity contribution in [3.05, 3.63) is 21.9 Å². The summed E-state index contributed by atoms with van der Waals surface area (Å²) in [6.07, 6.45) is 5.72. The molecule has 0 unspecified atom stereocenters. The Morgan fingerprint density at radius 3 is 2.55 bits per heavy atom. The quantitative estimate of drug-likeness (QED) is 0.627. The fourth-order valence-electron chi connectivity index (χ4n) is 1.68. The van der Waals surface area contributed by atoms with Crippen molar-refractivity contribution >= 4 is 11.3 Å². The largest absolute Gasteiger partial charge is 0.142 e. The van der Waals surface area contributed by atoms with Gasteiger partial charge in [0.2, 0.25) is 0 Å². The Hall–Kier alpha value is -0.300. The molecule has 0 aromatic carbocycles. The summed E-state index contributed by atoms with van der Waals surface area (Å²) in [6.45, 7) is 0. The van der Waals surface area contributed by atoms with E-state index in [0.717, 1.165) is 11.8 Å². The maximum absolute atomic E-state index is 3.43. The summed E-state index contributed by atoms with van der Waals surface area (Å²) in [5.74, 6) is 1.85. The van der Waals surface area contributed by atoms with Crippen molar-refractivity contribution in [2.45, 2.75) is 37.5 Å². The second kappa shape index (κ2) is 2.10. The maximum Gasteiger partial charge on any atom is 0.0483 e. The highest BCUT2D eigenvalue weighted by atomic mass is 32.1. The van der Waals surface area contributed by atoms with Crippen molar-refractivity contribution in [3.63, 3.8) is 0 Å². The van der Waals surface area contributed by atoms with Crippen molar-refractivity contribution in [1.82, 2.24) is 0 Å². The van der Waals surface area contributed by atoms with Crippen LogP contribution in [0.5, 0.6) is 0 Å². The van der Waals surface area contributed by atoms with Gasteiger partial charge in [-0.1, -0.05) is 0 Å². The molecule has 2 fully saturated rings. The molecule has 0 N–H and O–H groups in total. The zero-order valence-corrected chi connectivity index (χ0v) is 7.29. The van der Waals surface area contributed by atoms with Gasteiger partial charge in [-0.2, -0.15) is 0 Å². The number of thiophene rings is 1. The van der Waals surface area contributed by atoms with E-state index >= 15 is 0 Å².